The molecule has 3 aromatic rings. The number of aromatic amines is 1. The molecule has 0 saturated heterocycles. The van der Waals surface area contributed by atoms with Crippen LogP contribution in [0.4, 0.5) is 0 Å². The van der Waals surface area contributed by atoms with Crippen molar-refractivity contribution in [1.29, 1.82) is 0 Å². The summed E-state index contributed by atoms with van der Waals surface area (Å²) in [6, 6.07) is 8.28. The molecule has 0 spiro atoms. The zero-order chi connectivity index (χ0) is 19.4. The van der Waals surface area contributed by atoms with Gasteiger partial charge >= 0.3 is 0 Å². The van der Waals surface area contributed by atoms with E-state index in [9.17, 15) is 4.79 Å². The number of aromatic nitrogens is 5. The minimum atomic E-state index is -0.0704. The molecule has 3 rings (SSSR count). The lowest BCUT2D eigenvalue weighted by atomic mass is 9.86. The molecular formula is C19H24N6O2. The maximum atomic E-state index is 12.2. The highest BCUT2D eigenvalue weighted by Gasteiger charge is 2.16. The van der Waals surface area contributed by atoms with Crippen molar-refractivity contribution in [2.45, 2.75) is 52.0 Å². The molecule has 0 saturated carbocycles. The Morgan fingerprint density at radius 2 is 2.00 bits per heavy atom. The normalized spacial score (nSPS) is 12.7. The van der Waals surface area contributed by atoms with Crippen LogP contribution in [0.25, 0.3) is 11.6 Å². The van der Waals surface area contributed by atoms with Crippen molar-refractivity contribution in [1.82, 2.24) is 30.6 Å². The molecule has 0 aliphatic rings. The van der Waals surface area contributed by atoms with Crippen molar-refractivity contribution in [2.75, 3.05) is 0 Å². The standard InChI is InChI=1S/C19H24N6O2/c1-12(13-5-7-14(8-6-13)19(2,3)4)22-15(26)9-10-16-23-18(25-27-16)17-20-11-21-24-17/h5-8,11-12H,9-10H2,1-4H3,(H,22,26)(H,20,21,24)/t12-/m1/s1. The van der Waals surface area contributed by atoms with E-state index in [1.54, 1.807) is 0 Å². The van der Waals surface area contributed by atoms with Gasteiger partial charge in [0.15, 0.2) is 5.82 Å². The lowest BCUT2D eigenvalue weighted by molar-refractivity contribution is -0.121. The molecule has 0 unspecified atom stereocenters. The number of nitrogens with one attached hydrogen (secondary N) is 2. The van der Waals surface area contributed by atoms with Crippen LogP contribution in [-0.4, -0.2) is 31.2 Å². The monoisotopic (exact) mass is 368 g/mol. The van der Waals surface area contributed by atoms with Crippen LogP contribution in [0, 0.1) is 0 Å². The number of hydrogen-bond acceptors (Lipinski definition) is 6. The number of amides is 1. The second kappa shape index (κ2) is 7.69. The number of carbonyl (C=O) groups is 1. The van der Waals surface area contributed by atoms with E-state index in [2.05, 4.69) is 75.7 Å². The molecule has 2 aromatic heterocycles. The van der Waals surface area contributed by atoms with Crippen molar-refractivity contribution in [3.05, 3.63) is 47.6 Å². The molecule has 2 N–H and O–H groups in total. The first kappa shape index (κ1) is 18.8. The van der Waals surface area contributed by atoms with Gasteiger partial charge in [0, 0.05) is 12.8 Å². The minimum Gasteiger partial charge on any atom is -0.350 e. The van der Waals surface area contributed by atoms with Crippen LogP contribution >= 0.6 is 0 Å². The van der Waals surface area contributed by atoms with Gasteiger partial charge in [0.05, 0.1) is 6.04 Å². The van der Waals surface area contributed by atoms with E-state index in [1.165, 1.54) is 11.9 Å². The van der Waals surface area contributed by atoms with Gasteiger partial charge in [-0.1, -0.05) is 50.2 Å². The summed E-state index contributed by atoms with van der Waals surface area (Å²) in [6.07, 6.45) is 2.00. The molecule has 27 heavy (non-hydrogen) atoms. The van der Waals surface area contributed by atoms with Crippen LogP contribution in [0.5, 0.6) is 0 Å². The predicted molar refractivity (Wildman–Crippen MR) is 99.7 cm³/mol. The molecule has 8 heteroatoms. The van der Waals surface area contributed by atoms with Gasteiger partial charge in [-0.15, -0.1) is 0 Å². The summed E-state index contributed by atoms with van der Waals surface area (Å²) >= 11 is 0. The fraction of sp³-hybridized carbons (Fsp3) is 0.421. The molecule has 1 aromatic carbocycles. The zero-order valence-electron chi connectivity index (χ0n) is 16.0. The Balaban J connectivity index is 1.51. The molecule has 0 bridgehead atoms. The van der Waals surface area contributed by atoms with Gasteiger partial charge in [0.25, 0.3) is 0 Å². The lowest BCUT2D eigenvalue weighted by Crippen LogP contribution is -2.27. The summed E-state index contributed by atoms with van der Waals surface area (Å²) in [5.41, 5.74) is 2.45. The number of benzene rings is 1. The first-order valence-corrected chi connectivity index (χ1v) is 8.91. The molecule has 2 heterocycles. The van der Waals surface area contributed by atoms with Gasteiger partial charge in [0.2, 0.25) is 17.6 Å². The van der Waals surface area contributed by atoms with Crippen molar-refractivity contribution in [3.8, 4) is 11.6 Å². The van der Waals surface area contributed by atoms with Gasteiger partial charge in [-0.2, -0.15) is 10.1 Å². The third-order valence-corrected chi connectivity index (χ3v) is 4.32. The Labute approximate surface area is 157 Å². The van der Waals surface area contributed by atoms with Crippen molar-refractivity contribution in [3.63, 3.8) is 0 Å². The van der Waals surface area contributed by atoms with Crippen LogP contribution in [-0.2, 0) is 16.6 Å². The van der Waals surface area contributed by atoms with Gasteiger partial charge in [-0.05, 0) is 23.5 Å². The lowest BCUT2D eigenvalue weighted by Gasteiger charge is -2.20. The maximum Gasteiger partial charge on any atom is 0.239 e. The fourth-order valence-corrected chi connectivity index (χ4v) is 2.66. The van der Waals surface area contributed by atoms with E-state index in [0.717, 1.165) is 5.56 Å². The smallest absolute Gasteiger partial charge is 0.239 e. The maximum absolute atomic E-state index is 12.2. The first-order valence-electron chi connectivity index (χ1n) is 8.91. The zero-order valence-corrected chi connectivity index (χ0v) is 16.0. The molecule has 1 amide bonds. The molecule has 0 aliphatic carbocycles. The number of rotatable bonds is 6. The van der Waals surface area contributed by atoms with Crippen LogP contribution in [0.3, 0.4) is 0 Å². The van der Waals surface area contributed by atoms with E-state index < -0.39 is 0 Å². The number of hydrogen-bond donors (Lipinski definition) is 2. The van der Waals surface area contributed by atoms with Crippen LogP contribution < -0.4 is 5.32 Å². The van der Waals surface area contributed by atoms with Crippen molar-refractivity contribution in [2.24, 2.45) is 0 Å². The highest BCUT2D eigenvalue weighted by atomic mass is 16.5. The fourth-order valence-electron chi connectivity index (χ4n) is 2.66. The van der Waals surface area contributed by atoms with Crippen LogP contribution in [0.15, 0.2) is 35.1 Å². The Hall–Kier alpha value is -3.03. The molecule has 0 radical (unpaired) electrons. The Kier molecular flexibility index (Phi) is 5.34. The summed E-state index contributed by atoms with van der Waals surface area (Å²) in [4.78, 5) is 20.4. The average molecular weight is 368 g/mol. The molecule has 8 nitrogen and oxygen atoms in total. The highest BCUT2D eigenvalue weighted by Crippen LogP contribution is 2.24. The van der Waals surface area contributed by atoms with Crippen molar-refractivity contribution >= 4 is 5.91 Å². The van der Waals surface area contributed by atoms with Gasteiger partial charge in [0.1, 0.15) is 6.33 Å². The number of aryl methyl sites for hydroxylation is 1. The predicted octanol–water partition coefficient (Wildman–Crippen LogP) is 2.96. The van der Waals surface area contributed by atoms with Gasteiger partial charge in [-0.25, -0.2) is 4.98 Å². The number of H-pyrrole nitrogens is 1. The largest absolute Gasteiger partial charge is 0.350 e. The summed E-state index contributed by atoms with van der Waals surface area (Å²) < 4.78 is 5.14. The molecule has 142 valence electrons. The summed E-state index contributed by atoms with van der Waals surface area (Å²) in [6.45, 7) is 8.51. The van der Waals surface area contributed by atoms with E-state index in [0.29, 0.717) is 24.0 Å². The molecule has 0 aliphatic heterocycles. The first-order chi connectivity index (χ1) is 12.8. The third-order valence-electron chi connectivity index (χ3n) is 4.32. The quantitative estimate of drug-likeness (QED) is 0.692. The topological polar surface area (TPSA) is 110 Å². The SMILES string of the molecule is C[C@@H](NC(=O)CCc1nc(-c2ncn[nH]2)no1)c1ccc(C(C)(C)C)cc1. The second-order valence-corrected chi connectivity index (χ2v) is 7.51. The summed E-state index contributed by atoms with van der Waals surface area (Å²) in [5, 5.41) is 13.2. The molecule has 1 atom stereocenters. The summed E-state index contributed by atoms with van der Waals surface area (Å²) in [5.74, 6) is 1.08. The van der Waals surface area contributed by atoms with Crippen LogP contribution in [0.2, 0.25) is 0 Å². The number of carbonyl (C=O) groups excluding carboxylic acids is 1. The van der Waals surface area contributed by atoms with E-state index in [-0.39, 0.29) is 23.8 Å². The van der Waals surface area contributed by atoms with Crippen molar-refractivity contribution < 1.29 is 9.32 Å². The summed E-state index contributed by atoms with van der Waals surface area (Å²) in [7, 11) is 0. The van der Waals surface area contributed by atoms with Gasteiger partial charge in [-0.3, -0.25) is 9.89 Å². The van der Waals surface area contributed by atoms with E-state index in [4.69, 9.17) is 4.52 Å². The number of nitrogens with zero attached hydrogens (tertiary/aromatic N) is 4. The third kappa shape index (κ3) is 4.78. The Bertz CT molecular complexity index is 878. The highest BCUT2D eigenvalue weighted by molar-refractivity contribution is 5.76. The van der Waals surface area contributed by atoms with E-state index in [1.807, 2.05) is 6.92 Å². The second-order valence-electron chi connectivity index (χ2n) is 7.51. The Morgan fingerprint density at radius 3 is 2.63 bits per heavy atom. The van der Waals surface area contributed by atoms with E-state index >= 15 is 0 Å². The molecule has 0 fully saturated rings. The minimum absolute atomic E-state index is 0.0678. The Morgan fingerprint density at radius 1 is 1.26 bits per heavy atom. The molecular weight excluding hydrogens is 344 g/mol. The van der Waals surface area contributed by atoms with Gasteiger partial charge < -0.3 is 9.84 Å². The average Bonchev–Trinajstić information content (AvgIpc) is 3.30. The van der Waals surface area contributed by atoms with Crippen LogP contribution in [0.1, 0.15) is 57.2 Å².